The maximum atomic E-state index is 11.7. The zero-order valence-electron chi connectivity index (χ0n) is 11.3. The Balaban J connectivity index is 2.35. The van der Waals surface area contributed by atoms with Crippen LogP contribution in [0.2, 0.25) is 0 Å². The molecule has 1 rings (SSSR count). The smallest absolute Gasteiger partial charge is 0.238 e. The van der Waals surface area contributed by atoms with Gasteiger partial charge in [0, 0.05) is 20.7 Å². The second kappa shape index (κ2) is 6.97. The van der Waals surface area contributed by atoms with E-state index in [2.05, 4.69) is 5.32 Å². The van der Waals surface area contributed by atoms with Crippen molar-refractivity contribution in [1.29, 1.82) is 0 Å². The molecule has 0 spiro atoms. The maximum Gasteiger partial charge on any atom is 0.238 e. The topological polar surface area (TPSA) is 52.6 Å². The van der Waals surface area contributed by atoms with Crippen molar-refractivity contribution in [1.82, 2.24) is 10.2 Å². The molecular formula is C13H26N2O2. The summed E-state index contributed by atoms with van der Waals surface area (Å²) in [6, 6.07) is -0.133. The third-order valence-electron chi connectivity index (χ3n) is 3.80. The first-order valence-corrected chi connectivity index (χ1v) is 6.61. The molecule has 4 nitrogen and oxygen atoms in total. The van der Waals surface area contributed by atoms with E-state index in [0.29, 0.717) is 11.8 Å². The molecule has 1 amide bonds. The minimum atomic E-state index is -0.133. The second-order valence-corrected chi connectivity index (χ2v) is 5.35. The summed E-state index contributed by atoms with van der Waals surface area (Å²) in [7, 11) is 3.55. The van der Waals surface area contributed by atoms with Gasteiger partial charge < -0.3 is 15.3 Å². The van der Waals surface area contributed by atoms with Crippen LogP contribution in [-0.4, -0.2) is 49.2 Å². The number of nitrogens with one attached hydrogen (secondary N) is 1. The fourth-order valence-corrected chi connectivity index (χ4v) is 2.60. The number of carbonyl (C=O) groups is 1. The molecule has 100 valence electrons. The molecule has 0 aliphatic heterocycles. The zero-order chi connectivity index (χ0) is 12.8. The highest BCUT2D eigenvalue weighted by atomic mass is 16.3. The summed E-state index contributed by atoms with van der Waals surface area (Å²) in [5.74, 6) is 1.05. The summed E-state index contributed by atoms with van der Waals surface area (Å²) in [6.07, 6.45) is 4.77. The SMILES string of the molecule is CC(NCC1CCCCC1CO)C(=O)N(C)C. The van der Waals surface area contributed by atoms with E-state index in [1.165, 1.54) is 19.3 Å². The first-order chi connectivity index (χ1) is 8.06. The Hall–Kier alpha value is -0.610. The summed E-state index contributed by atoms with van der Waals surface area (Å²) in [5.41, 5.74) is 0. The van der Waals surface area contributed by atoms with Gasteiger partial charge in [-0.3, -0.25) is 4.79 Å². The van der Waals surface area contributed by atoms with E-state index in [9.17, 15) is 9.90 Å². The van der Waals surface area contributed by atoms with Gasteiger partial charge in [0.15, 0.2) is 0 Å². The Morgan fingerprint density at radius 1 is 1.35 bits per heavy atom. The predicted octanol–water partition coefficient (Wildman–Crippen LogP) is 0.851. The zero-order valence-corrected chi connectivity index (χ0v) is 11.3. The first-order valence-electron chi connectivity index (χ1n) is 6.61. The Morgan fingerprint density at radius 3 is 2.47 bits per heavy atom. The number of aliphatic hydroxyl groups excluding tert-OH is 1. The van der Waals surface area contributed by atoms with Crippen molar-refractivity contribution < 1.29 is 9.90 Å². The Morgan fingerprint density at radius 2 is 1.94 bits per heavy atom. The average molecular weight is 242 g/mol. The number of rotatable bonds is 5. The van der Waals surface area contributed by atoms with Gasteiger partial charge in [0.2, 0.25) is 5.91 Å². The van der Waals surface area contributed by atoms with Crippen molar-refractivity contribution in [3.05, 3.63) is 0 Å². The maximum absolute atomic E-state index is 11.7. The third-order valence-corrected chi connectivity index (χ3v) is 3.80. The van der Waals surface area contributed by atoms with Gasteiger partial charge in [-0.05, 0) is 38.1 Å². The average Bonchev–Trinajstić information content (AvgIpc) is 2.35. The molecule has 1 saturated carbocycles. The molecule has 1 aliphatic carbocycles. The fourth-order valence-electron chi connectivity index (χ4n) is 2.60. The van der Waals surface area contributed by atoms with Crippen molar-refractivity contribution in [2.45, 2.75) is 38.6 Å². The van der Waals surface area contributed by atoms with Gasteiger partial charge in [0.25, 0.3) is 0 Å². The molecule has 0 bridgehead atoms. The van der Waals surface area contributed by atoms with Crippen LogP contribution >= 0.6 is 0 Å². The van der Waals surface area contributed by atoms with Crippen LogP contribution in [0.25, 0.3) is 0 Å². The van der Waals surface area contributed by atoms with Gasteiger partial charge in [-0.2, -0.15) is 0 Å². The Kier molecular flexibility index (Phi) is 5.92. The lowest BCUT2D eigenvalue weighted by Crippen LogP contribution is -2.44. The molecule has 4 heteroatoms. The molecule has 0 radical (unpaired) electrons. The largest absolute Gasteiger partial charge is 0.396 e. The molecule has 0 aromatic carbocycles. The highest BCUT2D eigenvalue weighted by Crippen LogP contribution is 2.29. The quantitative estimate of drug-likeness (QED) is 0.751. The fraction of sp³-hybridized carbons (Fsp3) is 0.923. The summed E-state index contributed by atoms with van der Waals surface area (Å²) in [4.78, 5) is 13.3. The van der Waals surface area contributed by atoms with Gasteiger partial charge >= 0.3 is 0 Å². The van der Waals surface area contributed by atoms with Crippen molar-refractivity contribution in [2.75, 3.05) is 27.2 Å². The van der Waals surface area contributed by atoms with Gasteiger partial charge in [-0.1, -0.05) is 12.8 Å². The van der Waals surface area contributed by atoms with Crippen LogP contribution in [0.5, 0.6) is 0 Å². The van der Waals surface area contributed by atoms with Gasteiger partial charge in [-0.15, -0.1) is 0 Å². The minimum absolute atomic E-state index is 0.112. The molecule has 0 heterocycles. The molecule has 0 saturated heterocycles. The lowest BCUT2D eigenvalue weighted by atomic mass is 9.79. The highest BCUT2D eigenvalue weighted by molar-refractivity contribution is 5.80. The number of nitrogens with zero attached hydrogens (tertiary/aromatic N) is 1. The van der Waals surface area contributed by atoms with E-state index in [4.69, 9.17) is 0 Å². The van der Waals surface area contributed by atoms with Crippen molar-refractivity contribution in [3.63, 3.8) is 0 Å². The summed E-state index contributed by atoms with van der Waals surface area (Å²) in [5, 5.41) is 12.6. The third kappa shape index (κ3) is 4.28. The van der Waals surface area contributed by atoms with Crippen LogP contribution in [-0.2, 0) is 4.79 Å². The molecule has 0 aromatic heterocycles. The van der Waals surface area contributed by atoms with Gasteiger partial charge in [0.05, 0.1) is 6.04 Å². The molecule has 1 fully saturated rings. The van der Waals surface area contributed by atoms with Crippen LogP contribution in [0.4, 0.5) is 0 Å². The van der Waals surface area contributed by atoms with Crippen LogP contribution < -0.4 is 5.32 Å². The van der Waals surface area contributed by atoms with Gasteiger partial charge in [-0.25, -0.2) is 0 Å². The monoisotopic (exact) mass is 242 g/mol. The van der Waals surface area contributed by atoms with Crippen molar-refractivity contribution >= 4 is 5.91 Å². The number of hydrogen-bond donors (Lipinski definition) is 2. The summed E-state index contributed by atoms with van der Waals surface area (Å²) in [6.45, 7) is 3.02. The number of likely N-dealkylation sites (N-methyl/N-ethyl adjacent to an activating group) is 1. The highest BCUT2D eigenvalue weighted by Gasteiger charge is 2.25. The Bertz CT molecular complexity index is 244. The van der Waals surface area contributed by atoms with E-state index in [0.717, 1.165) is 13.0 Å². The lowest BCUT2D eigenvalue weighted by molar-refractivity contribution is -0.130. The first kappa shape index (κ1) is 14.5. The molecule has 3 unspecified atom stereocenters. The van der Waals surface area contributed by atoms with Crippen molar-refractivity contribution in [2.24, 2.45) is 11.8 Å². The van der Waals surface area contributed by atoms with E-state index >= 15 is 0 Å². The number of aliphatic hydroxyl groups is 1. The molecule has 3 atom stereocenters. The van der Waals surface area contributed by atoms with E-state index in [1.54, 1.807) is 19.0 Å². The number of amides is 1. The van der Waals surface area contributed by atoms with Crippen LogP contribution in [0, 0.1) is 11.8 Å². The standard InChI is InChI=1S/C13H26N2O2/c1-10(13(17)15(2)3)14-8-11-6-4-5-7-12(11)9-16/h10-12,14,16H,4-9H2,1-3H3. The van der Waals surface area contributed by atoms with Crippen LogP contribution in [0.15, 0.2) is 0 Å². The van der Waals surface area contributed by atoms with Crippen LogP contribution in [0.3, 0.4) is 0 Å². The van der Waals surface area contributed by atoms with E-state index < -0.39 is 0 Å². The summed E-state index contributed by atoms with van der Waals surface area (Å²) < 4.78 is 0. The molecule has 2 N–H and O–H groups in total. The number of carbonyl (C=O) groups excluding carboxylic acids is 1. The minimum Gasteiger partial charge on any atom is -0.396 e. The normalized spacial score (nSPS) is 26.6. The molecule has 17 heavy (non-hydrogen) atoms. The molecule has 1 aliphatic rings. The molecule has 0 aromatic rings. The van der Waals surface area contributed by atoms with E-state index in [-0.39, 0.29) is 18.6 Å². The molecular weight excluding hydrogens is 216 g/mol. The van der Waals surface area contributed by atoms with Crippen molar-refractivity contribution in [3.8, 4) is 0 Å². The summed E-state index contributed by atoms with van der Waals surface area (Å²) >= 11 is 0. The second-order valence-electron chi connectivity index (χ2n) is 5.35. The van der Waals surface area contributed by atoms with Gasteiger partial charge in [0.1, 0.15) is 0 Å². The van der Waals surface area contributed by atoms with Crippen LogP contribution in [0.1, 0.15) is 32.6 Å². The number of hydrogen-bond acceptors (Lipinski definition) is 3. The Labute approximate surface area is 104 Å². The van der Waals surface area contributed by atoms with E-state index in [1.807, 2.05) is 6.92 Å². The predicted molar refractivity (Wildman–Crippen MR) is 68.7 cm³/mol. The lowest BCUT2D eigenvalue weighted by Gasteiger charge is -2.31.